The van der Waals surface area contributed by atoms with Crippen molar-refractivity contribution in [2.75, 3.05) is 19.5 Å². The van der Waals surface area contributed by atoms with Gasteiger partial charge in [-0.3, -0.25) is 0 Å². The van der Waals surface area contributed by atoms with E-state index in [0.717, 1.165) is 33.6 Å². The number of hydrogen-bond donors (Lipinski definition) is 2. The Balaban J connectivity index is 2.06. The largest absolute Gasteiger partial charge is 0.497 e. The quantitative estimate of drug-likeness (QED) is 0.721. The molecule has 5 nitrogen and oxygen atoms in total. The smallest absolute Gasteiger partial charge is 0.125 e. The number of methoxy groups -OCH3 is 1. The Kier molecular flexibility index (Phi) is 3.98. The number of ether oxygens (including phenoxy) is 1. The first kappa shape index (κ1) is 14.7. The summed E-state index contributed by atoms with van der Waals surface area (Å²) in [7, 11) is 3.45. The highest BCUT2D eigenvalue weighted by molar-refractivity contribution is 6.01. The molecule has 3 rings (SSSR count). The second kappa shape index (κ2) is 6.24. The number of nitrogens with one attached hydrogen (secondary N) is 2. The van der Waals surface area contributed by atoms with Crippen LogP contribution >= 0.6 is 0 Å². The highest BCUT2D eigenvalue weighted by Gasteiger charge is 2.10. The van der Waals surface area contributed by atoms with Crippen LogP contribution in [0.2, 0.25) is 0 Å². The summed E-state index contributed by atoms with van der Waals surface area (Å²) in [6.07, 6.45) is 5.40. The van der Waals surface area contributed by atoms with Crippen molar-refractivity contribution in [2.45, 2.75) is 0 Å². The molecule has 2 N–H and O–H groups in total. The topological polar surface area (TPSA) is 73.7 Å². The molecular formula is C18H16N4O. The van der Waals surface area contributed by atoms with Crippen LogP contribution in [-0.2, 0) is 0 Å². The van der Waals surface area contributed by atoms with Crippen molar-refractivity contribution >= 4 is 28.4 Å². The first-order valence-electron chi connectivity index (χ1n) is 7.16. The number of aromatic amines is 1. The van der Waals surface area contributed by atoms with Crippen LogP contribution in [0.1, 0.15) is 11.1 Å². The fourth-order valence-corrected chi connectivity index (χ4v) is 2.43. The van der Waals surface area contributed by atoms with Crippen LogP contribution in [0.15, 0.2) is 42.7 Å². The number of benzene rings is 1. The van der Waals surface area contributed by atoms with Crippen LogP contribution < -0.4 is 10.1 Å². The summed E-state index contributed by atoms with van der Waals surface area (Å²) in [6, 6.07) is 11.8. The van der Waals surface area contributed by atoms with Gasteiger partial charge in [0, 0.05) is 35.9 Å². The molecule has 2 heterocycles. The van der Waals surface area contributed by atoms with Crippen molar-refractivity contribution in [3.8, 4) is 11.8 Å². The molecule has 0 unspecified atom stereocenters. The number of hydrogen-bond acceptors (Lipinski definition) is 4. The van der Waals surface area contributed by atoms with Gasteiger partial charge in [-0.1, -0.05) is 0 Å². The molecule has 0 saturated heterocycles. The standard InChI is InChI=1S/C18H16N4O/c1-20-18-6-3-12(10-22-18)7-13(9-19)16-11-21-17-5-4-14(23-2)8-15(16)17/h3-8,10-11,21H,1-2H3,(H,20,22)/b13-7+. The van der Waals surface area contributed by atoms with Gasteiger partial charge in [0.2, 0.25) is 0 Å². The fraction of sp³-hybridized carbons (Fsp3) is 0.111. The van der Waals surface area contributed by atoms with E-state index in [1.54, 1.807) is 13.3 Å². The molecule has 0 amide bonds. The number of anilines is 1. The van der Waals surface area contributed by atoms with Crippen LogP contribution in [0.4, 0.5) is 5.82 Å². The summed E-state index contributed by atoms with van der Waals surface area (Å²) >= 11 is 0. The van der Waals surface area contributed by atoms with E-state index in [1.165, 1.54) is 0 Å². The summed E-state index contributed by atoms with van der Waals surface area (Å²) < 4.78 is 5.27. The lowest BCUT2D eigenvalue weighted by atomic mass is 10.0. The number of nitrogens with zero attached hydrogens (tertiary/aromatic N) is 2. The number of fused-ring (bicyclic) bond motifs is 1. The summed E-state index contributed by atoms with van der Waals surface area (Å²) in [5.74, 6) is 1.55. The van der Waals surface area contributed by atoms with Crippen molar-refractivity contribution in [2.24, 2.45) is 0 Å². The molecule has 114 valence electrons. The number of pyridine rings is 1. The van der Waals surface area contributed by atoms with Crippen molar-refractivity contribution in [1.29, 1.82) is 5.26 Å². The molecule has 0 radical (unpaired) electrons. The Morgan fingerprint density at radius 2 is 2.22 bits per heavy atom. The van der Waals surface area contributed by atoms with Gasteiger partial charge >= 0.3 is 0 Å². The summed E-state index contributed by atoms with van der Waals surface area (Å²) in [4.78, 5) is 7.45. The molecule has 0 spiro atoms. The van der Waals surface area contributed by atoms with Gasteiger partial charge in [-0.15, -0.1) is 0 Å². The van der Waals surface area contributed by atoms with Gasteiger partial charge in [0.25, 0.3) is 0 Å². The van der Waals surface area contributed by atoms with Crippen LogP contribution in [0.25, 0.3) is 22.6 Å². The molecular weight excluding hydrogens is 288 g/mol. The van der Waals surface area contributed by atoms with E-state index in [0.29, 0.717) is 5.57 Å². The molecule has 3 aromatic rings. The van der Waals surface area contributed by atoms with Gasteiger partial charge in [0.05, 0.1) is 18.8 Å². The first-order valence-corrected chi connectivity index (χ1v) is 7.16. The highest BCUT2D eigenvalue weighted by atomic mass is 16.5. The molecule has 0 bridgehead atoms. The molecule has 23 heavy (non-hydrogen) atoms. The minimum Gasteiger partial charge on any atom is -0.497 e. The van der Waals surface area contributed by atoms with Gasteiger partial charge in [0.15, 0.2) is 0 Å². The Hall–Kier alpha value is -3.26. The van der Waals surface area contributed by atoms with E-state index in [9.17, 15) is 5.26 Å². The maximum Gasteiger partial charge on any atom is 0.125 e. The maximum absolute atomic E-state index is 9.55. The summed E-state index contributed by atoms with van der Waals surface area (Å²) in [5.41, 5.74) is 3.26. The minimum absolute atomic E-state index is 0.573. The van der Waals surface area contributed by atoms with E-state index in [2.05, 4.69) is 21.4 Å². The van der Waals surface area contributed by atoms with Crippen LogP contribution in [0.3, 0.4) is 0 Å². The van der Waals surface area contributed by atoms with E-state index in [-0.39, 0.29) is 0 Å². The van der Waals surface area contributed by atoms with E-state index in [1.807, 2.05) is 49.7 Å². The lowest BCUT2D eigenvalue weighted by molar-refractivity contribution is 0.415. The van der Waals surface area contributed by atoms with Crippen LogP contribution in [-0.4, -0.2) is 24.1 Å². The van der Waals surface area contributed by atoms with Crippen molar-refractivity contribution in [3.05, 3.63) is 53.9 Å². The normalized spacial score (nSPS) is 11.3. The zero-order valence-electron chi connectivity index (χ0n) is 12.9. The average Bonchev–Trinajstić information content (AvgIpc) is 3.03. The number of allylic oxidation sites excluding steroid dienone is 1. The Labute approximate surface area is 134 Å². The van der Waals surface area contributed by atoms with Gasteiger partial charge in [0.1, 0.15) is 11.6 Å². The molecule has 0 fully saturated rings. The summed E-state index contributed by atoms with van der Waals surface area (Å²) in [5, 5.41) is 13.5. The molecule has 0 aliphatic heterocycles. The van der Waals surface area contributed by atoms with Gasteiger partial charge in [-0.25, -0.2) is 4.98 Å². The number of rotatable bonds is 4. The molecule has 0 atom stereocenters. The Morgan fingerprint density at radius 3 is 2.87 bits per heavy atom. The molecule has 0 aliphatic carbocycles. The van der Waals surface area contributed by atoms with Crippen molar-refractivity contribution in [1.82, 2.24) is 9.97 Å². The highest BCUT2D eigenvalue weighted by Crippen LogP contribution is 2.29. The third-order valence-electron chi connectivity index (χ3n) is 3.65. The van der Waals surface area contributed by atoms with Crippen LogP contribution in [0, 0.1) is 11.3 Å². The van der Waals surface area contributed by atoms with Crippen molar-refractivity contribution < 1.29 is 4.74 Å². The monoisotopic (exact) mass is 304 g/mol. The zero-order valence-corrected chi connectivity index (χ0v) is 12.9. The molecule has 0 saturated carbocycles. The van der Waals surface area contributed by atoms with Gasteiger partial charge in [-0.05, 0) is 42.0 Å². The number of aromatic nitrogens is 2. The summed E-state index contributed by atoms with van der Waals surface area (Å²) in [6.45, 7) is 0. The lowest BCUT2D eigenvalue weighted by Gasteiger charge is -2.02. The first-order chi connectivity index (χ1) is 11.2. The van der Waals surface area contributed by atoms with E-state index >= 15 is 0 Å². The molecule has 0 aliphatic rings. The Bertz CT molecular complexity index is 901. The zero-order chi connectivity index (χ0) is 16.2. The Morgan fingerprint density at radius 1 is 1.35 bits per heavy atom. The van der Waals surface area contributed by atoms with Crippen molar-refractivity contribution in [3.63, 3.8) is 0 Å². The predicted molar refractivity (Wildman–Crippen MR) is 92.1 cm³/mol. The lowest BCUT2D eigenvalue weighted by Crippen LogP contribution is -1.91. The third-order valence-corrected chi connectivity index (χ3v) is 3.65. The molecule has 5 heteroatoms. The van der Waals surface area contributed by atoms with Gasteiger partial charge in [-0.2, -0.15) is 5.26 Å². The van der Waals surface area contributed by atoms with E-state index < -0.39 is 0 Å². The van der Waals surface area contributed by atoms with Gasteiger partial charge < -0.3 is 15.0 Å². The molecule has 1 aromatic carbocycles. The second-order valence-corrected chi connectivity index (χ2v) is 5.01. The molecule has 2 aromatic heterocycles. The van der Waals surface area contributed by atoms with E-state index in [4.69, 9.17) is 4.74 Å². The average molecular weight is 304 g/mol. The predicted octanol–water partition coefficient (Wildman–Crippen LogP) is 3.68. The third kappa shape index (κ3) is 2.87. The second-order valence-electron chi connectivity index (χ2n) is 5.01. The number of nitriles is 1. The maximum atomic E-state index is 9.55. The number of H-pyrrole nitrogens is 1. The SMILES string of the molecule is CNc1ccc(/C=C(\C#N)c2c[nH]c3ccc(OC)cc23)cn1. The minimum atomic E-state index is 0.573. The fourth-order valence-electron chi connectivity index (χ4n) is 2.43. The van der Waals surface area contributed by atoms with Crippen LogP contribution in [0.5, 0.6) is 5.75 Å².